The van der Waals surface area contributed by atoms with Gasteiger partial charge in [0.2, 0.25) is 5.91 Å². The van der Waals surface area contributed by atoms with Crippen LogP contribution in [-0.4, -0.2) is 40.9 Å². The molecular formula is C14H23N5O2. The lowest BCUT2D eigenvalue weighted by Gasteiger charge is -2.09. The van der Waals surface area contributed by atoms with Crippen molar-refractivity contribution in [2.75, 3.05) is 18.4 Å². The zero-order valence-corrected chi connectivity index (χ0v) is 12.8. The molecule has 3 N–H and O–H groups in total. The summed E-state index contributed by atoms with van der Waals surface area (Å²) in [5.74, 6) is 0.150. The minimum absolute atomic E-state index is 0.0882. The molecule has 0 aromatic carbocycles. The van der Waals surface area contributed by atoms with Crippen molar-refractivity contribution >= 4 is 17.6 Å². The third kappa shape index (κ3) is 6.69. The van der Waals surface area contributed by atoms with E-state index in [4.69, 9.17) is 0 Å². The van der Waals surface area contributed by atoms with Crippen LogP contribution in [0, 0.1) is 0 Å². The summed E-state index contributed by atoms with van der Waals surface area (Å²) in [7, 11) is 0. The first-order valence-corrected chi connectivity index (χ1v) is 7.16. The van der Waals surface area contributed by atoms with Crippen LogP contribution >= 0.6 is 0 Å². The normalized spacial score (nSPS) is 10.3. The van der Waals surface area contributed by atoms with E-state index in [-0.39, 0.29) is 36.5 Å². The van der Waals surface area contributed by atoms with Crippen molar-refractivity contribution in [3.63, 3.8) is 0 Å². The highest BCUT2D eigenvalue weighted by Gasteiger charge is 2.09. The molecule has 0 spiro atoms. The highest BCUT2D eigenvalue weighted by molar-refractivity contribution is 5.92. The molecule has 7 heteroatoms. The average molecular weight is 293 g/mol. The highest BCUT2D eigenvalue weighted by atomic mass is 16.2. The molecule has 7 nitrogen and oxygen atoms in total. The monoisotopic (exact) mass is 293 g/mol. The number of hydrogen-bond donors (Lipinski definition) is 3. The van der Waals surface area contributed by atoms with Gasteiger partial charge in [-0.1, -0.05) is 6.92 Å². The number of amides is 2. The van der Waals surface area contributed by atoms with Gasteiger partial charge in [0.05, 0.1) is 12.4 Å². The van der Waals surface area contributed by atoms with Gasteiger partial charge < -0.3 is 16.0 Å². The number of nitrogens with one attached hydrogen (secondary N) is 3. The Morgan fingerprint density at radius 2 is 2.00 bits per heavy atom. The average Bonchev–Trinajstić information content (AvgIpc) is 2.44. The quantitative estimate of drug-likeness (QED) is 0.663. The Morgan fingerprint density at radius 3 is 2.67 bits per heavy atom. The molecular weight excluding hydrogens is 270 g/mol. The Balaban J connectivity index is 2.43. The minimum Gasteiger partial charge on any atom is -0.369 e. The summed E-state index contributed by atoms with van der Waals surface area (Å²) in [5, 5.41) is 8.48. The van der Waals surface area contributed by atoms with Crippen molar-refractivity contribution in [2.45, 2.75) is 39.7 Å². The standard InChI is InChI=1S/C14H23N5O2/c1-4-6-16-12-9-15-8-11(19-12)14(21)17-7-5-13(20)18-10(2)3/h8-10H,4-7H2,1-3H3,(H,16,19)(H,17,21)(H,18,20). The minimum atomic E-state index is -0.333. The van der Waals surface area contributed by atoms with Gasteiger partial charge in [-0.2, -0.15) is 0 Å². The molecule has 1 aromatic rings. The van der Waals surface area contributed by atoms with E-state index in [0.717, 1.165) is 13.0 Å². The van der Waals surface area contributed by atoms with Crippen molar-refractivity contribution in [2.24, 2.45) is 0 Å². The van der Waals surface area contributed by atoms with Gasteiger partial charge in [-0.25, -0.2) is 4.98 Å². The Labute approximate surface area is 124 Å². The second kappa shape index (κ2) is 8.89. The van der Waals surface area contributed by atoms with Crippen molar-refractivity contribution in [1.29, 1.82) is 0 Å². The summed E-state index contributed by atoms with van der Waals surface area (Å²) in [6.07, 6.45) is 4.18. The third-order valence-electron chi connectivity index (χ3n) is 2.51. The maximum Gasteiger partial charge on any atom is 0.271 e. The van der Waals surface area contributed by atoms with E-state index >= 15 is 0 Å². The van der Waals surface area contributed by atoms with Gasteiger partial charge in [0.25, 0.3) is 5.91 Å². The second-order valence-electron chi connectivity index (χ2n) is 4.94. The molecule has 1 rings (SSSR count). The van der Waals surface area contributed by atoms with Crippen LogP contribution in [0.1, 0.15) is 44.1 Å². The predicted molar refractivity (Wildman–Crippen MR) is 81.0 cm³/mol. The Kier molecular flexibility index (Phi) is 7.14. The van der Waals surface area contributed by atoms with Gasteiger partial charge in [-0.3, -0.25) is 14.6 Å². The molecule has 116 valence electrons. The largest absolute Gasteiger partial charge is 0.369 e. The van der Waals surface area contributed by atoms with Crippen molar-refractivity contribution < 1.29 is 9.59 Å². The van der Waals surface area contributed by atoms with Gasteiger partial charge in [0.15, 0.2) is 0 Å². The zero-order chi connectivity index (χ0) is 15.7. The molecule has 1 aromatic heterocycles. The smallest absolute Gasteiger partial charge is 0.271 e. The first kappa shape index (κ1) is 16.9. The predicted octanol–water partition coefficient (Wildman–Crippen LogP) is 0.943. The number of rotatable bonds is 8. The lowest BCUT2D eigenvalue weighted by molar-refractivity contribution is -0.121. The number of anilines is 1. The molecule has 0 bridgehead atoms. The van der Waals surface area contributed by atoms with Crippen LogP contribution in [0.2, 0.25) is 0 Å². The summed E-state index contributed by atoms with van der Waals surface area (Å²) in [4.78, 5) is 31.5. The Bertz CT molecular complexity index is 476. The lowest BCUT2D eigenvalue weighted by atomic mass is 10.3. The fraction of sp³-hybridized carbons (Fsp3) is 0.571. The summed E-state index contributed by atoms with van der Waals surface area (Å²) in [6, 6.07) is 0.0976. The van der Waals surface area contributed by atoms with Crippen LogP contribution in [0.3, 0.4) is 0 Å². The number of nitrogens with zero attached hydrogens (tertiary/aromatic N) is 2. The Hall–Kier alpha value is -2.18. The number of carbonyl (C=O) groups is 2. The summed E-state index contributed by atoms with van der Waals surface area (Å²) >= 11 is 0. The van der Waals surface area contributed by atoms with Gasteiger partial charge in [0, 0.05) is 25.6 Å². The Morgan fingerprint density at radius 1 is 1.24 bits per heavy atom. The van der Waals surface area contributed by atoms with Crippen LogP contribution in [0.5, 0.6) is 0 Å². The molecule has 0 fully saturated rings. The van der Waals surface area contributed by atoms with Crippen LogP contribution in [0.25, 0.3) is 0 Å². The van der Waals surface area contributed by atoms with E-state index in [9.17, 15) is 9.59 Å². The lowest BCUT2D eigenvalue weighted by Crippen LogP contribution is -2.34. The molecule has 0 saturated carbocycles. The van der Waals surface area contributed by atoms with E-state index < -0.39 is 0 Å². The molecule has 0 atom stereocenters. The second-order valence-corrected chi connectivity index (χ2v) is 4.94. The summed E-state index contributed by atoms with van der Waals surface area (Å²) in [6.45, 7) is 6.86. The molecule has 0 saturated heterocycles. The number of hydrogen-bond acceptors (Lipinski definition) is 5. The number of aromatic nitrogens is 2. The molecule has 2 amide bonds. The molecule has 0 aliphatic rings. The number of carbonyl (C=O) groups excluding carboxylic acids is 2. The molecule has 1 heterocycles. The topological polar surface area (TPSA) is 96.0 Å². The van der Waals surface area contributed by atoms with Gasteiger partial charge in [-0.15, -0.1) is 0 Å². The van der Waals surface area contributed by atoms with Crippen molar-refractivity contribution in [1.82, 2.24) is 20.6 Å². The van der Waals surface area contributed by atoms with Crippen LogP contribution in [0.4, 0.5) is 5.82 Å². The van der Waals surface area contributed by atoms with Gasteiger partial charge in [0.1, 0.15) is 11.5 Å². The SMILES string of the molecule is CCCNc1cncc(C(=O)NCCC(=O)NC(C)C)n1. The van der Waals surface area contributed by atoms with Crippen LogP contribution in [0.15, 0.2) is 12.4 Å². The molecule has 0 radical (unpaired) electrons. The van der Waals surface area contributed by atoms with E-state index in [1.165, 1.54) is 6.20 Å². The van der Waals surface area contributed by atoms with Crippen molar-refractivity contribution in [3.8, 4) is 0 Å². The van der Waals surface area contributed by atoms with E-state index in [2.05, 4.69) is 25.9 Å². The molecule has 0 aliphatic heterocycles. The zero-order valence-electron chi connectivity index (χ0n) is 12.8. The maximum atomic E-state index is 11.9. The molecule has 0 aliphatic carbocycles. The fourth-order valence-electron chi connectivity index (χ4n) is 1.59. The van der Waals surface area contributed by atoms with Gasteiger partial charge in [-0.05, 0) is 20.3 Å². The van der Waals surface area contributed by atoms with Crippen molar-refractivity contribution in [3.05, 3.63) is 18.1 Å². The highest BCUT2D eigenvalue weighted by Crippen LogP contribution is 2.02. The fourth-order valence-corrected chi connectivity index (χ4v) is 1.59. The summed E-state index contributed by atoms with van der Waals surface area (Å²) in [5.41, 5.74) is 0.236. The van der Waals surface area contributed by atoms with Crippen LogP contribution in [-0.2, 0) is 4.79 Å². The molecule has 0 unspecified atom stereocenters. The van der Waals surface area contributed by atoms with Crippen LogP contribution < -0.4 is 16.0 Å². The van der Waals surface area contributed by atoms with E-state index in [1.807, 2.05) is 20.8 Å². The van der Waals surface area contributed by atoms with E-state index in [0.29, 0.717) is 5.82 Å². The first-order chi connectivity index (χ1) is 10.0. The molecule has 21 heavy (non-hydrogen) atoms. The maximum absolute atomic E-state index is 11.9. The van der Waals surface area contributed by atoms with E-state index in [1.54, 1.807) is 6.20 Å². The summed E-state index contributed by atoms with van der Waals surface area (Å²) < 4.78 is 0. The first-order valence-electron chi connectivity index (χ1n) is 7.16. The van der Waals surface area contributed by atoms with Gasteiger partial charge >= 0.3 is 0 Å². The third-order valence-corrected chi connectivity index (χ3v) is 2.51.